The van der Waals surface area contributed by atoms with Crippen LogP contribution in [0.25, 0.3) is 0 Å². The van der Waals surface area contributed by atoms with Gasteiger partial charge in [0.15, 0.2) is 0 Å². The molecule has 0 aromatic heterocycles. The summed E-state index contributed by atoms with van der Waals surface area (Å²) in [7, 11) is 0. The van der Waals surface area contributed by atoms with Crippen LogP contribution in [0, 0.1) is 0 Å². The summed E-state index contributed by atoms with van der Waals surface area (Å²) in [6, 6.07) is -0.546. The fraction of sp³-hybridized carbons (Fsp3) is 0.939. The quantitative estimate of drug-likeness (QED) is 0.0320. The van der Waals surface area contributed by atoms with Gasteiger partial charge in [0.2, 0.25) is 5.91 Å². The van der Waals surface area contributed by atoms with Gasteiger partial charge in [0, 0.05) is 12.8 Å². The standard InChI is InChI=1S/C66H129NO5/c1-3-5-7-9-11-13-15-17-19-20-28-31-34-38-42-46-50-54-58-64(69)63(62-68)67-65(70)59-55-51-47-43-39-35-32-29-26-24-22-21-23-25-27-30-33-37-41-45-49-53-57-61-72-66(71)60-56-52-48-44-40-36-18-16-14-12-10-8-6-4-2/h24,26,63-64,68-69H,3-23,25,27-62H2,1-2H3,(H,67,70)/b26-24-. The maximum Gasteiger partial charge on any atom is 0.305 e. The van der Waals surface area contributed by atoms with Gasteiger partial charge in [-0.05, 0) is 51.4 Å². The highest BCUT2D eigenvalue weighted by Gasteiger charge is 2.20. The average molecular weight is 1020 g/mol. The molecule has 0 aromatic carbocycles. The number of aliphatic hydroxyl groups excluding tert-OH is 2. The first kappa shape index (κ1) is 70.6. The van der Waals surface area contributed by atoms with Crippen molar-refractivity contribution in [2.45, 2.75) is 386 Å². The molecule has 0 bridgehead atoms. The lowest BCUT2D eigenvalue weighted by Gasteiger charge is -2.22. The van der Waals surface area contributed by atoms with Crippen molar-refractivity contribution < 1.29 is 24.5 Å². The van der Waals surface area contributed by atoms with Crippen LogP contribution in [0.5, 0.6) is 0 Å². The minimum absolute atomic E-state index is 0.0147. The van der Waals surface area contributed by atoms with Crippen LogP contribution in [0.1, 0.15) is 373 Å². The van der Waals surface area contributed by atoms with E-state index < -0.39 is 12.1 Å². The predicted molar refractivity (Wildman–Crippen MR) is 315 cm³/mol. The minimum atomic E-state index is -0.668. The Labute approximate surface area is 450 Å². The molecular formula is C66H129NO5. The van der Waals surface area contributed by atoms with E-state index in [9.17, 15) is 19.8 Å². The van der Waals surface area contributed by atoms with E-state index in [1.807, 2.05) is 0 Å². The second-order valence-corrected chi connectivity index (χ2v) is 22.8. The summed E-state index contributed by atoms with van der Waals surface area (Å²) in [5.41, 5.74) is 0. The molecule has 0 saturated carbocycles. The van der Waals surface area contributed by atoms with Crippen LogP contribution in [0.4, 0.5) is 0 Å². The molecule has 0 fully saturated rings. The highest BCUT2D eigenvalue weighted by atomic mass is 16.5. The number of allylic oxidation sites excluding steroid dienone is 2. The van der Waals surface area contributed by atoms with Crippen LogP contribution < -0.4 is 5.32 Å². The third kappa shape index (κ3) is 57.9. The Morgan fingerprint density at radius 3 is 0.986 bits per heavy atom. The fourth-order valence-corrected chi connectivity index (χ4v) is 10.5. The zero-order valence-electron chi connectivity index (χ0n) is 48.9. The molecule has 2 unspecified atom stereocenters. The molecular weight excluding hydrogens is 887 g/mol. The van der Waals surface area contributed by atoms with Gasteiger partial charge in [-0.1, -0.05) is 321 Å². The Hall–Kier alpha value is -1.40. The summed E-state index contributed by atoms with van der Waals surface area (Å²) in [6.07, 6.45) is 75.2. The number of ether oxygens (including phenoxy) is 1. The van der Waals surface area contributed by atoms with Crippen molar-refractivity contribution in [3.05, 3.63) is 12.2 Å². The second-order valence-electron chi connectivity index (χ2n) is 22.8. The highest BCUT2D eigenvalue weighted by Crippen LogP contribution is 2.18. The molecule has 1 amide bonds. The number of unbranched alkanes of at least 4 members (excludes halogenated alkanes) is 49. The van der Waals surface area contributed by atoms with E-state index >= 15 is 0 Å². The molecule has 0 aliphatic carbocycles. The smallest absolute Gasteiger partial charge is 0.305 e. The summed E-state index contributed by atoms with van der Waals surface area (Å²) < 4.78 is 5.49. The zero-order chi connectivity index (χ0) is 52.2. The van der Waals surface area contributed by atoms with E-state index in [-0.39, 0.29) is 18.5 Å². The molecule has 0 spiro atoms. The predicted octanol–water partition coefficient (Wildman–Crippen LogP) is 20.8. The molecule has 3 N–H and O–H groups in total. The van der Waals surface area contributed by atoms with E-state index in [1.165, 1.54) is 302 Å². The highest BCUT2D eigenvalue weighted by molar-refractivity contribution is 5.76. The number of esters is 1. The van der Waals surface area contributed by atoms with Crippen LogP contribution in [0.2, 0.25) is 0 Å². The molecule has 6 heteroatoms. The third-order valence-electron chi connectivity index (χ3n) is 15.6. The number of rotatable bonds is 62. The molecule has 0 radical (unpaired) electrons. The molecule has 0 aliphatic rings. The van der Waals surface area contributed by atoms with Crippen LogP contribution >= 0.6 is 0 Å². The molecule has 0 heterocycles. The Morgan fingerprint density at radius 1 is 0.375 bits per heavy atom. The van der Waals surface area contributed by atoms with Crippen molar-refractivity contribution in [3.8, 4) is 0 Å². The lowest BCUT2D eigenvalue weighted by atomic mass is 10.0. The zero-order valence-corrected chi connectivity index (χ0v) is 48.9. The van der Waals surface area contributed by atoms with E-state index in [1.54, 1.807) is 0 Å². The normalized spacial score (nSPS) is 12.6. The van der Waals surface area contributed by atoms with Crippen LogP contribution in [0.3, 0.4) is 0 Å². The largest absolute Gasteiger partial charge is 0.466 e. The second kappa shape index (κ2) is 62.1. The third-order valence-corrected chi connectivity index (χ3v) is 15.6. The Kier molecular flexibility index (Phi) is 60.9. The van der Waals surface area contributed by atoms with Crippen LogP contribution in [-0.4, -0.2) is 47.4 Å². The molecule has 0 saturated heterocycles. The van der Waals surface area contributed by atoms with Gasteiger partial charge in [0.05, 0.1) is 25.4 Å². The van der Waals surface area contributed by atoms with Crippen LogP contribution in [-0.2, 0) is 14.3 Å². The number of carbonyl (C=O) groups excluding carboxylic acids is 2. The summed E-state index contributed by atoms with van der Waals surface area (Å²) in [5.74, 6) is -0.0229. The van der Waals surface area contributed by atoms with E-state index in [2.05, 4.69) is 31.3 Å². The number of nitrogens with one attached hydrogen (secondary N) is 1. The van der Waals surface area contributed by atoms with E-state index in [4.69, 9.17) is 4.74 Å². The molecule has 6 nitrogen and oxygen atoms in total. The average Bonchev–Trinajstić information content (AvgIpc) is 3.38. The minimum Gasteiger partial charge on any atom is -0.466 e. The number of amides is 1. The number of aliphatic hydroxyl groups is 2. The van der Waals surface area contributed by atoms with Gasteiger partial charge in [-0.15, -0.1) is 0 Å². The summed E-state index contributed by atoms with van der Waals surface area (Å²) in [5, 5.41) is 23.4. The first-order chi connectivity index (χ1) is 35.5. The Morgan fingerprint density at radius 2 is 0.653 bits per heavy atom. The Bertz CT molecular complexity index is 1080. The van der Waals surface area contributed by atoms with Crippen molar-refractivity contribution in [2.24, 2.45) is 0 Å². The van der Waals surface area contributed by atoms with Gasteiger partial charge in [-0.2, -0.15) is 0 Å². The number of hydrogen-bond acceptors (Lipinski definition) is 5. The van der Waals surface area contributed by atoms with Crippen molar-refractivity contribution in [1.29, 1.82) is 0 Å². The molecule has 2 atom stereocenters. The summed E-state index contributed by atoms with van der Waals surface area (Å²) in [4.78, 5) is 24.6. The maximum absolute atomic E-state index is 12.5. The van der Waals surface area contributed by atoms with Crippen molar-refractivity contribution in [3.63, 3.8) is 0 Å². The van der Waals surface area contributed by atoms with Crippen molar-refractivity contribution in [2.75, 3.05) is 13.2 Å². The van der Waals surface area contributed by atoms with Gasteiger partial charge in [-0.25, -0.2) is 0 Å². The van der Waals surface area contributed by atoms with Gasteiger partial charge in [-0.3, -0.25) is 9.59 Å². The number of carbonyl (C=O) groups is 2. The van der Waals surface area contributed by atoms with Gasteiger partial charge in [0.25, 0.3) is 0 Å². The van der Waals surface area contributed by atoms with Crippen molar-refractivity contribution in [1.82, 2.24) is 5.32 Å². The van der Waals surface area contributed by atoms with Crippen molar-refractivity contribution >= 4 is 11.9 Å². The number of hydrogen-bond donors (Lipinski definition) is 3. The topological polar surface area (TPSA) is 95.9 Å². The van der Waals surface area contributed by atoms with E-state index in [0.717, 1.165) is 38.5 Å². The maximum atomic E-state index is 12.5. The SMILES string of the molecule is CCCCCCCCCCCCCCCCCCCCC(O)C(CO)NC(=O)CCCCCCCCC/C=C\CCCCCCCCCCCCCCOC(=O)CCCCCCCCCCCCCCCC. The lowest BCUT2D eigenvalue weighted by Crippen LogP contribution is -2.45. The van der Waals surface area contributed by atoms with Gasteiger partial charge < -0.3 is 20.3 Å². The Balaban J connectivity index is 3.40. The van der Waals surface area contributed by atoms with Crippen LogP contribution in [0.15, 0.2) is 12.2 Å². The van der Waals surface area contributed by atoms with Gasteiger partial charge >= 0.3 is 5.97 Å². The molecule has 72 heavy (non-hydrogen) atoms. The molecule has 0 aliphatic heterocycles. The first-order valence-electron chi connectivity index (χ1n) is 32.9. The molecule has 428 valence electrons. The first-order valence-corrected chi connectivity index (χ1v) is 32.9. The monoisotopic (exact) mass is 1020 g/mol. The van der Waals surface area contributed by atoms with E-state index in [0.29, 0.717) is 25.9 Å². The lowest BCUT2D eigenvalue weighted by molar-refractivity contribution is -0.143. The van der Waals surface area contributed by atoms with Gasteiger partial charge in [0.1, 0.15) is 0 Å². The molecule has 0 rings (SSSR count). The summed E-state index contributed by atoms with van der Waals surface area (Å²) >= 11 is 0. The summed E-state index contributed by atoms with van der Waals surface area (Å²) in [6.45, 7) is 4.99. The molecule has 0 aromatic rings. The fourth-order valence-electron chi connectivity index (χ4n) is 10.5.